The van der Waals surface area contributed by atoms with Gasteiger partial charge in [0.15, 0.2) is 0 Å². The van der Waals surface area contributed by atoms with Crippen LogP contribution >= 0.6 is 0 Å². The molecule has 0 spiro atoms. The van der Waals surface area contributed by atoms with Crippen molar-refractivity contribution in [3.63, 3.8) is 0 Å². The molecule has 3 N–H and O–H groups in total. The van der Waals surface area contributed by atoms with Gasteiger partial charge in [-0.3, -0.25) is 0 Å². The monoisotopic (exact) mass is 275 g/mol. The first kappa shape index (κ1) is 14.4. The third kappa shape index (κ3) is 2.49. The topological polar surface area (TPSA) is 73.3 Å². The van der Waals surface area contributed by atoms with Crippen molar-refractivity contribution in [1.82, 2.24) is 9.78 Å². The molecule has 0 fully saturated rings. The van der Waals surface area contributed by atoms with E-state index in [0.717, 1.165) is 11.3 Å². The van der Waals surface area contributed by atoms with Crippen molar-refractivity contribution in [2.75, 3.05) is 13.7 Å². The molecule has 0 atom stereocenters. The van der Waals surface area contributed by atoms with Crippen molar-refractivity contribution in [3.8, 4) is 17.3 Å². The van der Waals surface area contributed by atoms with Crippen LogP contribution in [0.3, 0.4) is 0 Å². The first-order valence-corrected chi connectivity index (χ1v) is 6.74. The first-order chi connectivity index (χ1) is 9.60. The van der Waals surface area contributed by atoms with Gasteiger partial charge >= 0.3 is 0 Å². The highest BCUT2D eigenvalue weighted by molar-refractivity contribution is 5.49. The third-order valence-corrected chi connectivity index (χ3v) is 3.21. The van der Waals surface area contributed by atoms with Gasteiger partial charge in [0.25, 0.3) is 0 Å². The summed E-state index contributed by atoms with van der Waals surface area (Å²) in [5.41, 5.74) is 8.26. The number of benzene rings is 1. The van der Waals surface area contributed by atoms with Gasteiger partial charge in [-0.2, -0.15) is 9.78 Å². The van der Waals surface area contributed by atoms with Gasteiger partial charge < -0.3 is 15.6 Å². The Morgan fingerprint density at radius 1 is 1.35 bits per heavy atom. The molecule has 0 aliphatic heterocycles. The molecule has 2 aromatic rings. The van der Waals surface area contributed by atoms with Gasteiger partial charge in [-0.15, -0.1) is 0 Å². The van der Waals surface area contributed by atoms with E-state index in [2.05, 4.69) is 18.9 Å². The summed E-state index contributed by atoms with van der Waals surface area (Å²) in [6, 6.07) is 7.07. The molecular weight excluding hydrogens is 254 g/mol. The number of hydrogen-bond donors (Lipinski definition) is 2. The number of para-hydroxylation sites is 2. The number of phenolic OH excluding ortho intramolecular Hbond substituents is 1. The summed E-state index contributed by atoms with van der Waals surface area (Å²) < 4.78 is 7.15. The minimum Gasteiger partial charge on any atom is -0.506 e. The molecule has 0 amide bonds. The quantitative estimate of drug-likeness (QED) is 0.877. The first-order valence-electron chi connectivity index (χ1n) is 6.74. The molecule has 0 bridgehead atoms. The highest BCUT2D eigenvalue weighted by Crippen LogP contribution is 2.33. The number of aromatic nitrogens is 2. The summed E-state index contributed by atoms with van der Waals surface area (Å²) in [5.74, 6) is 1.07. The molecule has 108 valence electrons. The van der Waals surface area contributed by atoms with Gasteiger partial charge in [-0.05, 0) is 31.0 Å². The molecular formula is C15H21N3O2. The normalized spacial score (nSPS) is 11.1. The summed E-state index contributed by atoms with van der Waals surface area (Å²) in [6.07, 6.45) is 0.699. The maximum Gasteiger partial charge on any atom is 0.220 e. The van der Waals surface area contributed by atoms with Gasteiger partial charge in [0, 0.05) is 5.56 Å². The van der Waals surface area contributed by atoms with Crippen LogP contribution in [0.15, 0.2) is 24.3 Å². The van der Waals surface area contributed by atoms with E-state index in [9.17, 15) is 5.11 Å². The summed E-state index contributed by atoms with van der Waals surface area (Å²) in [7, 11) is 1.61. The Bertz CT molecular complexity index is 591. The predicted octanol–water partition coefficient (Wildman–Crippen LogP) is 2.21. The van der Waals surface area contributed by atoms with Gasteiger partial charge in [-0.25, -0.2) is 0 Å². The zero-order chi connectivity index (χ0) is 14.7. The number of phenols is 1. The predicted molar refractivity (Wildman–Crippen MR) is 78.6 cm³/mol. The van der Waals surface area contributed by atoms with Gasteiger partial charge in [-0.1, -0.05) is 26.0 Å². The smallest absolute Gasteiger partial charge is 0.220 e. The van der Waals surface area contributed by atoms with E-state index in [-0.39, 0.29) is 11.7 Å². The molecule has 0 aliphatic carbocycles. The van der Waals surface area contributed by atoms with Crippen LogP contribution in [0.1, 0.15) is 31.0 Å². The molecule has 5 heteroatoms. The van der Waals surface area contributed by atoms with E-state index in [1.165, 1.54) is 0 Å². The lowest BCUT2D eigenvalue weighted by atomic mass is 10.0. The maximum absolute atomic E-state index is 10.0. The van der Waals surface area contributed by atoms with Crippen molar-refractivity contribution in [2.45, 2.75) is 26.2 Å². The molecule has 2 rings (SSSR count). The lowest BCUT2D eigenvalue weighted by molar-refractivity contribution is 0.376. The Hall–Kier alpha value is -2.01. The van der Waals surface area contributed by atoms with E-state index >= 15 is 0 Å². The molecule has 1 aromatic carbocycles. The van der Waals surface area contributed by atoms with Crippen LogP contribution in [0.25, 0.3) is 5.69 Å². The number of ether oxygens (including phenoxy) is 1. The van der Waals surface area contributed by atoms with Crippen molar-refractivity contribution >= 4 is 0 Å². The zero-order valence-corrected chi connectivity index (χ0v) is 12.1. The number of nitrogens with two attached hydrogens (primary N) is 1. The molecule has 1 heterocycles. The summed E-state index contributed by atoms with van der Waals surface area (Å²) in [5, 5.41) is 14.6. The van der Waals surface area contributed by atoms with E-state index in [1.807, 2.05) is 6.07 Å². The van der Waals surface area contributed by atoms with Crippen LogP contribution in [0.2, 0.25) is 0 Å². The Morgan fingerprint density at radius 2 is 2.05 bits per heavy atom. The number of methoxy groups -OCH3 is 1. The lowest BCUT2D eigenvalue weighted by Crippen LogP contribution is -2.06. The average Bonchev–Trinajstić information content (AvgIpc) is 2.78. The Balaban J connectivity index is 2.64. The molecule has 1 aromatic heterocycles. The second-order valence-corrected chi connectivity index (χ2v) is 4.97. The minimum atomic E-state index is 0.169. The number of hydrogen-bond acceptors (Lipinski definition) is 4. The number of nitrogens with zero attached hydrogens (tertiary/aromatic N) is 2. The molecule has 20 heavy (non-hydrogen) atoms. The molecule has 0 unspecified atom stereocenters. The van der Waals surface area contributed by atoms with Crippen molar-refractivity contribution in [1.29, 1.82) is 0 Å². The summed E-state index contributed by atoms with van der Waals surface area (Å²) >= 11 is 0. The van der Waals surface area contributed by atoms with E-state index < -0.39 is 0 Å². The van der Waals surface area contributed by atoms with Crippen LogP contribution in [0.5, 0.6) is 11.6 Å². The Labute approximate surface area is 119 Å². The summed E-state index contributed by atoms with van der Waals surface area (Å²) in [4.78, 5) is 0. The van der Waals surface area contributed by atoms with Crippen LogP contribution < -0.4 is 10.5 Å². The van der Waals surface area contributed by atoms with Crippen molar-refractivity contribution < 1.29 is 9.84 Å². The van der Waals surface area contributed by atoms with Gasteiger partial charge in [0.05, 0.1) is 12.8 Å². The lowest BCUT2D eigenvalue weighted by Gasteiger charge is -2.09. The van der Waals surface area contributed by atoms with Gasteiger partial charge in [0.2, 0.25) is 5.88 Å². The Morgan fingerprint density at radius 3 is 2.60 bits per heavy atom. The molecule has 0 aliphatic rings. The molecule has 0 radical (unpaired) electrons. The largest absolute Gasteiger partial charge is 0.506 e. The second-order valence-electron chi connectivity index (χ2n) is 4.97. The number of rotatable bonds is 5. The van der Waals surface area contributed by atoms with Crippen LogP contribution in [-0.2, 0) is 6.42 Å². The SMILES string of the molecule is COc1c(CCN)c(C(C)C)nn1-c1ccccc1O. The fraction of sp³-hybridized carbons (Fsp3) is 0.400. The van der Waals surface area contributed by atoms with E-state index in [1.54, 1.807) is 30.0 Å². The molecule has 5 nitrogen and oxygen atoms in total. The van der Waals surface area contributed by atoms with Crippen molar-refractivity contribution in [2.24, 2.45) is 5.73 Å². The van der Waals surface area contributed by atoms with Gasteiger partial charge in [0.1, 0.15) is 11.4 Å². The van der Waals surface area contributed by atoms with E-state index in [0.29, 0.717) is 24.5 Å². The fourth-order valence-electron chi connectivity index (χ4n) is 2.31. The van der Waals surface area contributed by atoms with Crippen molar-refractivity contribution in [3.05, 3.63) is 35.5 Å². The molecule has 0 saturated carbocycles. The maximum atomic E-state index is 10.0. The highest BCUT2D eigenvalue weighted by Gasteiger charge is 2.22. The zero-order valence-electron chi connectivity index (χ0n) is 12.1. The highest BCUT2D eigenvalue weighted by atomic mass is 16.5. The number of aromatic hydroxyl groups is 1. The summed E-state index contributed by atoms with van der Waals surface area (Å²) in [6.45, 7) is 4.69. The average molecular weight is 275 g/mol. The standard InChI is InChI=1S/C15H21N3O2/c1-10(2)14-11(8-9-16)15(20-3)18(17-14)12-6-4-5-7-13(12)19/h4-7,10,19H,8-9,16H2,1-3H3. The third-order valence-electron chi connectivity index (χ3n) is 3.21. The second kappa shape index (κ2) is 5.96. The van der Waals surface area contributed by atoms with E-state index in [4.69, 9.17) is 10.5 Å². The molecule has 0 saturated heterocycles. The van der Waals surface area contributed by atoms with Crippen LogP contribution in [-0.4, -0.2) is 28.5 Å². The van der Waals surface area contributed by atoms with Crippen LogP contribution in [0, 0.1) is 0 Å². The fourth-order valence-corrected chi connectivity index (χ4v) is 2.31. The minimum absolute atomic E-state index is 0.169. The van der Waals surface area contributed by atoms with Crippen LogP contribution in [0.4, 0.5) is 0 Å². The Kier molecular flexibility index (Phi) is 4.29.